The van der Waals surface area contributed by atoms with Crippen LogP contribution in [0.2, 0.25) is 0 Å². The molecule has 0 spiro atoms. The standard InChI is InChI=1S/C11H8N2O4S/c14-10(7-12-4-5-18-11(12)15)8-2-1-3-9(6-8)13(16)17/h1-6H,7H2. The van der Waals surface area contributed by atoms with E-state index < -0.39 is 4.92 Å². The van der Waals surface area contributed by atoms with Crippen molar-refractivity contribution in [1.29, 1.82) is 0 Å². The van der Waals surface area contributed by atoms with Crippen LogP contribution in [0.5, 0.6) is 0 Å². The van der Waals surface area contributed by atoms with Gasteiger partial charge in [0.05, 0.1) is 11.5 Å². The third kappa shape index (κ3) is 2.51. The number of carbonyl (C=O) groups is 1. The van der Waals surface area contributed by atoms with Crippen molar-refractivity contribution in [3.8, 4) is 0 Å². The number of hydrogen-bond donors (Lipinski definition) is 0. The molecule has 0 N–H and O–H groups in total. The van der Waals surface area contributed by atoms with E-state index in [-0.39, 0.29) is 28.5 Å². The number of thiazole rings is 1. The molecule has 0 saturated carbocycles. The van der Waals surface area contributed by atoms with Crippen molar-refractivity contribution in [2.24, 2.45) is 0 Å². The third-order valence-electron chi connectivity index (χ3n) is 2.34. The van der Waals surface area contributed by atoms with E-state index in [2.05, 4.69) is 0 Å². The first-order chi connectivity index (χ1) is 8.58. The number of carbonyl (C=O) groups excluding carboxylic acids is 1. The van der Waals surface area contributed by atoms with Gasteiger partial charge in [-0.15, -0.1) is 0 Å². The Bertz CT molecular complexity index is 659. The quantitative estimate of drug-likeness (QED) is 0.478. The van der Waals surface area contributed by atoms with Gasteiger partial charge in [-0.3, -0.25) is 24.3 Å². The van der Waals surface area contributed by atoms with Crippen LogP contribution < -0.4 is 4.87 Å². The van der Waals surface area contributed by atoms with Gasteiger partial charge in [-0.1, -0.05) is 23.5 Å². The molecule has 7 heteroatoms. The number of non-ortho nitro benzene ring substituents is 1. The van der Waals surface area contributed by atoms with Crippen molar-refractivity contribution >= 4 is 22.8 Å². The van der Waals surface area contributed by atoms with Crippen LogP contribution in [0.25, 0.3) is 0 Å². The van der Waals surface area contributed by atoms with Crippen molar-refractivity contribution in [1.82, 2.24) is 4.57 Å². The molecule has 0 unspecified atom stereocenters. The highest BCUT2D eigenvalue weighted by Gasteiger charge is 2.12. The van der Waals surface area contributed by atoms with Crippen molar-refractivity contribution < 1.29 is 9.72 Å². The van der Waals surface area contributed by atoms with Crippen LogP contribution in [-0.2, 0) is 6.54 Å². The highest BCUT2D eigenvalue weighted by molar-refractivity contribution is 7.07. The summed E-state index contributed by atoms with van der Waals surface area (Å²) in [6.07, 6.45) is 1.52. The summed E-state index contributed by atoms with van der Waals surface area (Å²) < 4.78 is 1.27. The molecule has 2 aromatic rings. The maximum absolute atomic E-state index is 11.9. The number of rotatable bonds is 4. The zero-order valence-electron chi connectivity index (χ0n) is 9.11. The average molecular weight is 264 g/mol. The van der Waals surface area contributed by atoms with Gasteiger partial charge in [-0.05, 0) is 0 Å². The van der Waals surface area contributed by atoms with Gasteiger partial charge in [0, 0.05) is 29.3 Å². The predicted octanol–water partition coefficient (Wildman–Crippen LogP) is 1.70. The second kappa shape index (κ2) is 4.92. The molecule has 0 aliphatic heterocycles. The van der Waals surface area contributed by atoms with Crippen LogP contribution in [0, 0.1) is 10.1 Å². The summed E-state index contributed by atoms with van der Waals surface area (Å²) in [7, 11) is 0. The van der Waals surface area contributed by atoms with E-state index in [1.807, 2.05) is 0 Å². The van der Waals surface area contributed by atoms with Crippen molar-refractivity contribution in [3.63, 3.8) is 0 Å². The summed E-state index contributed by atoms with van der Waals surface area (Å²) in [4.78, 5) is 32.9. The van der Waals surface area contributed by atoms with Gasteiger partial charge in [-0.2, -0.15) is 0 Å². The molecule has 0 saturated heterocycles. The van der Waals surface area contributed by atoms with Crippen LogP contribution in [0.3, 0.4) is 0 Å². The molecule has 0 aliphatic rings. The topological polar surface area (TPSA) is 82.2 Å². The molecule has 2 rings (SSSR count). The number of hydrogen-bond acceptors (Lipinski definition) is 5. The lowest BCUT2D eigenvalue weighted by atomic mass is 10.1. The van der Waals surface area contributed by atoms with E-state index in [0.29, 0.717) is 0 Å². The number of nitrogens with zero attached hydrogens (tertiary/aromatic N) is 2. The first-order valence-corrected chi connectivity index (χ1v) is 5.87. The summed E-state index contributed by atoms with van der Waals surface area (Å²) >= 11 is 0.997. The first-order valence-electron chi connectivity index (χ1n) is 4.99. The summed E-state index contributed by atoms with van der Waals surface area (Å²) in [6, 6.07) is 5.46. The Morgan fingerprint density at radius 3 is 2.83 bits per heavy atom. The smallest absolute Gasteiger partial charge is 0.298 e. The van der Waals surface area contributed by atoms with Crippen LogP contribution in [0.4, 0.5) is 5.69 Å². The molecule has 1 heterocycles. The van der Waals surface area contributed by atoms with Gasteiger partial charge in [0.2, 0.25) is 0 Å². The van der Waals surface area contributed by atoms with Crippen LogP contribution >= 0.6 is 11.3 Å². The number of ketones is 1. The summed E-state index contributed by atoms with van der Waals surface area (Å²) in [5.74, 6) is -0.334. The van der Waals surface area contributed by atoms with Gasteiger partial charge >= 0.3 is 4.87 Å². The maximum atomic E-state index is 11.9. The Balaban J connectivity index is 2.24. The zero-order chi connectivity index (χ0) is 13.1. The van der Waals surface area contributed by atoms with E-state index in [1.165, 1.54) is 35.0 Å². The second-order valence-electron chi connectivity index (χ2n) is 3.53. The SMILES string of the molecule is O=C(Cn1ccsc1=O)c1cccc([N+](=O)[O-])c1. The maximum Gasteiger partial charge on any atom is 0.307 e. The lowest BCUT2D eigenvalue weighted by Crippen LogP contribution is -2.18. The summed E-state index contributed by atoms with van der Waals surface area (Å²) in [5.41, 5.74) is 0.0841. The molecule has 0 fully saturated rings. The lowest BCUT2D eigenvalue weighted by molar-refractivity contribution is -0.384. The van der Waals surface area contributed by atoms with Crippen molar-refractivity contribution in [3.05, 3.63) is 61.2 Å². The molecular weight excluding hydrogens is 256 g/mol. The molecule has 0 atom stereocenters. The number of Topliss-reactive ketones (excluding diaryl/α,β-unsaturated/α-hetero) is 1. The van der Waals surface area contributed by atoms with Gasteiger partial charge in [0.25, 0.3) is 5.69 Å². The molecule has 1 aromatic heterocycles. The fourth-order valence-corrected chi connectivity index (χ4v) is 2.03. The molecule has 0 bridgehead atoms. The Hall–Kier alpha value is -2.28. The highest BCUT2D eigenvalue weighted by Crippen LogP contribution is 2.13. The minimum Gasteiger partial charge on any atom is -0.298 e. The lowest BCUT2D eigenvalue weighted by Gasteiger charge is -2.01. The molecule has 6 nitrogen and oxygen atoms in total. The third-order valence-corrected chi connectivity index (χ3v) is 3.03. The molecular formula is C11H8N2O4S. The number of aromatic nitrogens is 1. The van der Waals surface area contributed by atoms with Crippen LogP contribution in [0.15, 0.2) is 40.6 Å². The first kappa shape index (κ1) is 12.2. The summed E-state index contributed by atoms with van der Waals surface area (Å²) in [5, 5.41) is 12.2. The molecule has 0 aliphatic carbocycles. The Morgan fingerprint density at radius 2 is 2.22 bits per heavy atom. The van der Waals surface area contributed by atoms with Gasteiger partial charge in [-0.25, -0.2) is 0 Å². The van der Waals surface area contributed by atoms with Gasteiger partial charge < -0.3 is 0 Å². The van der Waals surface area contributed by atoms with E-state index in [0.717, 1.165) is 11.3 Å². The average Bonchev–Trinajstić information content (AvgIpc) is 2.75. The predicted molar refractivity (Wildman–Crippen MR) is 66.0 cm³/mol. The Kier molecular flexibility index (Phi) is 3.33. The Labute approximate surface area is 105 Å². The fourth-order valence-electron chi connectivity index (χ4n) is 1.45. The number of nitro groups is 1. The van der Waals surface area contributed by atoms with E-state index >= 15 is 0 Å². The fraction of sp³-hybridized carbons (Fsp3) is 0.0909. The normalized spacial score (nSPS) is 10.2. The molecule has 0 radical (unpaired) electrons. The monoisotopic (exact) mass is 264 g/mol. The highest BCUT2D eigenvalue weighted by atomic mass is 32.1. The molecule has 18 heavy (non-hydrogen) atoms. The van der Waals surface area contributed by atoms with Crippen molar-refractivity contribution in [2.45, 2.75) is 6.54 Å². The minimum absolute atomic E-state index is 0.108. The van der Waals surface area contributed by atoms with E-state index in [4.69, 9.17) is 0 Å². The molecule has 0 amide bonds. The largest absolute Gasteiger partial charge is 0.307 e. The van der Waals surface area contributed by atoms with Crippen LogP contribution in [-0.4, -0.2) is 15.3 Å². The second-order valence-corrected chi connectivity index (χ2v) is 4.38. The molecule has 92 valence electrons. The number of nitro benzene ring substituents is 1. The Morgan fingerprint density at radius 1 is 1.44 bits per heavy atom. The van der Waals surface area contributed by atoms with E-state index in [9.17, 15) is 19.7 Å². The summed E-state index contributed by atoms with van der Waals surface area (Å²) in [6.45, 7) is -0.108. The van der Waals surface area contributed by atoms with Gasteiger partial charge in [0.1, 0.15) is 0 Å². The zero-order valence-corrected chi connectivity index (χ0v) is 9.92. The van der Waals surface area contributed by atoms with Gasteiger partial charge in [0.15, 0.2) is 5.78 Å². The van der Waals surface area contributed by atoms with Crippen molar-refractivity contribution in [2.75, 3.05) is 0 Å². The van der Waals surface area contributed by atoms with Crippen LogP contribution in [0.1, 0.15) is 10.4 Å². The molecule has 1 aromatic carbocycles. The number of benzene rings is 1. The van der Waals surface area contributed by atoms with E-state index in [1.54, 1.807) is 5.38 Å². The minimum atomic E-state index is -0.562.